The molecule has 1 saturated heterocycles. The third-order valence-corrected chi connectivity index (χ3v) is 7.81. The van der Waals surface area contributed by atoms with Gasteiger partial charge in [0.15, 0.2) is 5.13 Å². The summed E-state index contributed by atoms with van der Waals surface area (Å²) in [7, 11) is 0. The molecule has 1 aliphatic heterocycles. The number of carbonyl (C=O) groups excluding carboxylic acids is 1. The highest BCUT2D eigenvalue weighted by atomic mass is 35.5. The van der Waals surface area contributed by atoms with Crippen LogP contribution in [0.25, 0.3) is 10.2 Å². The number of nitrogens with zero attached hydrogens (tertiary/aromatic N) is 3. The van der Waals surface area contributed by atoms with Gasteiger partial charge in [-0.05, 0) is 49.4 Å². The van der Waals surface area contributed by atoms with Crippen molar-refractivity contribution in [3.05, 3.63) is 47.5 Å². The number of aromatic nitrogens is 1. The van der Waals surface area contributed by atoms with Crippen molar-refractivity contribution in [3.63, 3.8) is 0 Å². The van der Waals surface area contributed by atoms with Gasteiger partial charge < -0.3 is 15.0 Å². The Bertz CT molecular complexity index is 1050. The number of carbonyl (C=O) groups is 1. The van der Waals surface area contributed by atoms with Crippen molar-refractivity contribution in [1.82, 2.24) is 15.2 Å². The van der Waals surface area contributed by atoms with Crippen LogP contribution in [0.1, 0.15) is 13.3 Å². The molecular formula is C24H29ClN4O2S2. The smallest absolute Gasteiger partial charge is 0.220 e. The summed E-state index contributed by atoms with van der Waals surface area (Å²) >= 11 is 9.30. The second-order valence-electron chi connectivity index (χ2n) is 7.79. The monoisotopic (exact) mass is 504 g/mol. The minimum Gasteiger partial charge on any atom is -0.494 e. The zero-order valence-electron chi connectivity index (χ0n) is 18.8. The highest BCUT2D eigenvalue weighted by molar-refractivity contribution is 7.99. The fraction of sp³-hybridized carbons (Fsp3) is 0.417. The number of thioether (sulfide) groups is 1. The summed E-state index contributed by atoms with van der Waals surface area (Å²) in [5.74, 6) is 1.77. The van der Waals surface area contributed by atoms with Crippen LogP contribution < -0.4 is 15.0 Å². The molecule has 3 aromatic rings. The number of rotatable bonds is 10. The summed E-state index contributed by atoms with van der Waals surface area (Å²) in [4.78, 5) is 22.8. The van der Waals surface area contributed by atoms with Gasteiger partial charge in [-0.15, -0.1) is 11.8 Å². The minimum atomic E-state index is 0.107. The zero-order valence-corrected chi connectivity index (χ0v) is 21.1. The van der Waals surface area contributed by atoms with E-state index in [0.717, 1.165) is 69.5 Å². The molecule has 33 heavy (non-hydrogen) atoms. The third kappa shape index (κ3) is 6.99. The van der Waals surface area contributed by atoms with Gasteiger partial charge in [0.05, 0.1) is 16.8 Å². The van der Waals surface area contributed by atoms with Crippen LogP contribution in [0, 0.1) is 0 Å². The number of piperazine rings is 1. The maximum Gasteiger partial charge on any atom is 0.220 e. The summed E-state index contributed by atoms with van der Waals surface area (Å²) in [6.45, 7) is 8.07. The maximum atomic E-state index is 12.1. The Balaban J connectivity index is 1.14. The van der Waals surface area contributed by atoms with Gasteiger partial charge >= 0.3 is 0 Å². The first-order valence-corrected chi connectivity index (χ1v) is 13.4. The Morgan fingerprint density at radius 3 is 2.73 bits per heavy atom. The van der Waals surface area contributed by atoms with E-state index in [4.69, 9.17) is 21.3 Å². The Labute approximate surface area is 208 Å². The molecule has 0 unspecified atom stereocenters. The molecule has 0 saturated carbocycles. The Morgan fingerprint density at radius 1 is 1.18 bits per heavy atom. The fourth-order valence-corrected chi connectivity index (χ4v) is 5.70. The summed E-state index contributed by atoms with van der Waals surface area (Å²) < 4.78 is 6.77. The molecule has 0 atom stereocenters. The molecule has 0 radical (unpaired) electrons. The number of ether oxygens (including phenoxy) is 1. The lowest BCUT2D eigenvalue weighted by molar-refractivity contribution is -0.120. The van der Waals surface area contributed by atoms with E-state index >= 15 is 0 Å². The molecule has 0 spiro atoms. The van der Waals surface area contributed by atoms with E-state index < -0.39 is 0 Å². The lowest BCUT2D eigenvalue weighted by Gasteiger charge is -2.34. The van der Waals surface area contributed by atoms with E-state index in [1.54, 1.807) is 23.1 Å². The fourth-order valence-electron chi connectivity index (χ4n) is 3.68. The van der Waals surface area contributed by atoms with Gasteiger partial charge in [-0.25, -0.2) is 4.98 Å². The van der Waals surface area contributed by atoms with Crippen molar-refractivity contribution in [3.8, 4) is 5.75 Å². The van der Waals surface area contributed by atoms with E-state index in [9.17, 15) is 4.79 Å². The first-order chi connectivity index (χ1) is 16.1. The van der Waals surface area contributed by atoms with Crippen LogP contribution in [0.3, 0.4) is 0 Å². The van der Waals surface area contributed by atoms with Gasteiger partial charge in [-0.2, -0.15) is 0 Å². The van der Waals surface area contributed by atoms with E-state index in [-0.39, 0.29) is 5.91 Å². The molecular weight excluding hydrogens is 476 g/mol. The number of nitrogens with one attached hydrogen (secondary N) is 1. The molecule has 1 aliphatic rings. The molecule has 9 heteroatoms. The highest BCUT2D eigenvalue weighted by Gasteiger charge is 2.20. The van der Waals surface area contributed by atoms with Gasteiger partial charge in [-0.1, -0.05) is 22.9 Å². The normalized spacial score (nSPS) is 14.5. The molecule has 4 rings (SSSR count). The first-order valence-electron chi connectivity index (χ1n) is 11.3. The van der Waals surface area contributed by atoms with Crippen molar-refractivity contribution in [1.29, 1.82) is 0 Å². The molecule has 1 fully saturated rings. The van der Waals surface area contributed by atoms with Crippen LogP contribution in [-0.2, 0) is 4.79 Å². The number of anilines is 1. The Kier molecular flexibility index (Phi) is 8.72. The summed E-state index contributed by atoms with van der Waals surface area (Å²) in [6, 6.07) is 13.8. The van der Waals surface area contributed by atoms with Gasteiger partial charge in [0.1, 0.15) is 5.75 Å². The summed E-state index contributed by atoms with van der Waals surface area (Å²) in [6.07, 6.45) is 0.518. The van der Waals surface area contributed by atoms with Crippen molar-refractivity contribution in [2.24, 2.45) is 0 Å². The van der Waals surface area contributed by atoms with Gasteiger partial charge in [0, 0.05) is 61.4 Å². The second kappa shape index (κ2) is 11.9. The number of thiazole rings is 1. The SMILES string of the molecule is CCOc1ccc2nc(N3CCN(CCNC(=O)CCSc4ccc(Cl)cc4)CC3)sc2c1. The molecule has 2 heterocycles. The second-order valence-corrected chi connectivity index (χ2v) is 10.4. The van der Waals surface area contributed by atoms with Gasteiger partial charge in [-0.3, -0.25) is 9.69 Å². The van der Waals surface area contributed by atoms with Crippen molar-refractivity contribution in [2.75, 3.05) is 56.5 Å². The van der Waals surface area contributed by atoms with Crippen LogP contribution in [0.15, 0.2) is 47.4 Å². The van der Waals surface area contributed by atoms with Crippen molar-refractivity contribution < 1.29 is 9.53 Å². The van der Waals surface area contributed by atoms with Crippen LogP contribution in [-0.4, -0.2) is 67.4 Å². The van der Waals surface area contributed by atoms with Crippen LogP contribution in [0.5, 0.6) is 5.75 Å². The maximum absolute atomic E-state index is 12.1. The Morgan fingerprint density at radius 2 is 1.97 bits per heavy atom. The van der Waals surface area contributed by atoms with E-state index in [0.29, 0.717) is 19.6 Å². The van der Waals surface area contributed by atoms with E-state index in [2.05, 4.69) is 21.2 Å². The topological polar surface area (TPSA) is 57.7 Å². The summed E-state index contributed by atoms with van der Waals surface area (Å²) in [5.41, 5.74) is 1.03. The van der Waals surface area contributed by atoms with Crippen LogP contribution in [0.4, 0.5) is 5.13 Å². The number of benzene rings is 2. The average molecular weight is 505 g/mol. The zero-order chi connectivity index (χ0) is 23.0. The molecule has 1 N–H and O–H groups in total. The standard InChI is InChI=1S/C24H29ClN4O2S2/c1-2-31-19-5-8-21-22(17-19)33-24(27-21)29-14-12-28(13-15-29)11-10-26-23(30)9-16-32-20-6-3-18(25)4-7-20/h3-8,17H,2,9-16H2,1H3,(H,26,30). The average Bonchev–Trinajstić information content (AvgIpc) is 3.24. The molecule has 0 aliphatic carbocycles. The van der Waals surface area contributed by atoms with Gasteiger partial charge in [0.2, 0.25) is 5.91 Å². The van der Waals surface area contributed by atoms with E-state index in [1.165, 1.54) is 0 Å². The highest BCUT2D eigenvalue weighted by Crippen LogP contribution is 2.32. The largest absolute Gasteiger partial charge is 0.494 e. The van der Waals surface area contributed by atoms with Crippen molar-refractivity contribution in [2.45, 2.75) is 18.2 Å². The van der Waals surface area contributed by atoms with E-state index in [1.807, 2.05) is 43.3 Å². The summed E-state index contributed by atoms with van der Waals surface area (Å²) in [5, 5.41) is 4.86. The Hall–Kier alpha value is -2.00. The number of halogens is 1. The molecule has 1 amide bonds. The third-order valence-electron chi connectivity index (χ3n) is 5.46. The van der Waals surface area contributed by atoms with Gasteiger partial charge in [0.25, 0.3) is 0 Å². The molecule has 6 nitrogen and oxygen atoms in total. The van der Waals surface area contributed by atoms with Crippen LogP contribution in [0.2, 0.25) is 5.02 Å². The number of amides is 1. The molecule has 0 bridgehead atoms. The number of hydrogen-bond acceptors (Lipinski definition) is 7. The number of fused-ring (bicyclic) bond motifs is 1. The lowest BCUT2D eigenvalue weighted by atomic mass is 10.3. The predicted molar refractivity (Wildman–Crippen MR) is 139 cm³/mol. The number of hydrogen-bond donors (Lipinski definition) is 1. The molecule has 1 aromatic heterocycles. The molecule has 2 aromatic carbocycles. The quantitative estimate of drug-likeness (QED) is 0.401. The molecule has 176 valence electrons. The first kappa shape index (κ1) is 24.1. The van der Waals surface area contributed by atoms with Crippen LogP contribution >= 0.6 is 34.7 Å². The predicted octanol–water partition coefficient (Wildman–Crippen LogP) is 4.77. The lowest BCUT2D eigenvalue weighted by Crippen LogP contribution is -2.48. The minimum absolute atomic E-state index is 0.107. The van der Waals surface area contributed by atoms with Crippen molar-refractivity contribution >= 4 is 56.0 Å².